The first-order valence-corrected chi connectivity index (χ1v) is 8.05. The molecule has 0 radical (unpaired) electrons. The minimum atomic E-state index is 0.461. The van der Waals surface area contributed by atoms with Gasteiger partial charge in [-0.2, -0.15) is 0 Å². The molecule has 0 saturated carbocycles. The fraction of sp³-hybridized carbons (Fsp3) is 0.750. The molecule has 4 nitrogen and oxygen atoms in total. The van der Waals surface area contributed by atoms with E-state index in [-0.39, 0.29) is 0 Å². The van der Waals surface area contributed by atoms with Crippen LogP contribution in [0.5, 0.6) is 0 Å². The molecule has 1 aromatic rings. The maximum atomic E-state index is 5.43. The molecule has 1 fully saturated rings. The van der Waals surface area contributed by atoms with Crippen LogP contribution in [0.2, 0.25) is 0 Å². The van der Waals surface area contributed by atoms with E-state index in [0.29, 0.717) is 12.0 Å². The number of aryl methyl sites for hydroxylation is 1. The van der Waals surface area contributed by atoms with Crippen LogP contribution in [0.3, 0.4) is 0 Å². The number of nitrogens with zero attached hydrogens (tertiary/aromatic N) is 2. The van der Waals surface area contributed by atoms with Crippen molar-refractivity contribution in [2.75, 3.05) is 19.8 Å². The zero-order valence-electron chi connectivity index (χ0n) is 12.4. The first-order chi connectivity index (χ1) is 9.88. The molecule has 1 aromatic heterocycles. The van der Waals surface area contributed by atoms with Crippen LogP contribution in [-0.4, -0.2) is 29.7 Å². The highest BCUT2D eigenvalue weighted by Gasteiger charge is 2.24. The number of hydrogen-bond acceptors (Lipinski definition) is 4. The van der Waals surface area contributed by atoms with Crippen molar-refractivity contribution >= 4 is 0 Å². The Kier molecular flexibility index (Phi) is 4.63. The molecule has 0 amide bonds. The molecule has 0 spiro atoms. The second-order valence-corrected chi connectivity index (χ2v) is 5.92. The Labute approximate surface area is 121 Å². The SMILES string of the molecule is CCCNC1CCCc2nc(C3CCOCC3)ncc21. The number of rotatable bonds is 4. The van der Waals surface area contributed by atoms with Gasteiger partial charge >= 0.3 is 0 Å². The third-order valence-electron chi connectivity index (χ3n) is 4.43. The van der Waals surface area contributed by atoms with Crippen molar-refractivity contribution in [1.29, 1.82) is 0 Å². The number of fused-ring (bicyclic) bond motifs is 1. The van der Waals surface area contributed by atoms with Crippen molar-refractivity contribution in [1.82, 2.24) is 15.3 Å². The van der Waals surface area contributed by atoms with Gasteiger partial charge in [0.25, 0.3) is 0 Å². The summed E-state index contributed by atoms with van der Waals surface area (Å²) in [5.41, 5.74) is 2.61. The van der Waals surface area contributed by atoms with Crippen LogP contribution in [0.1, 0.15) is 68.1 Å². The van der Waals surface area contributed by atoms with Crippen LogP contribution in [0.15, 0.2) is 6.20 Å². The molecule has 4 heteroatoms. The van der Waals surface area contributed by atoms with E-state index in [1.165, 1.54) is 30.5 Å². The van der Waals surface area contributed by atoms with Crippen LogP contribution < -0.4 is 5.32 Å². The van der Waals surface area contributed by atoms with E-state index in [0.717, 1.165) is 44.8 Å². The van der Waals surface area contributed by atoms with Crippen molar-refractivity contribution in [2.45, 2.75) is 57.4 Å². The first kappa shape index (κ1) is 14.0. The van der Waals surface area contributed by atoms with Crippen LogP contribution in [-0.2, 0) is 11.2 Å². The summed E-state index contributed by atoms with van der Waals surface area (Å²) >= 11 is 0. The van der Waals surface area contributed by atoms with Gasteiger partial charge in [0.15, 0.2) is 0 Å². The molecular formula is C16H25N3O. The maximum absolute atomic E-state index is 5.43. The highest BCUT2D eigenvalue weighted by Crippen LogP contribution is 2.30. The summed E-state index contributed by atoms with van der Waals surface area (Å²) in [5.74, 6) is 1.54. The third kappa shape index (κ3) is 3.01. The Morgan fingerprint density at radius 3 is 2.95 bits per heavy atom. The van der Waals surface area contributed by atoms with E-state index in [2.05, 4.69) is 23.4 Å². The summed E-state index contributed by atoms with van der Waals surface area (Å²) in [6.07, 6.45) is 8.95. The van der Waals surface area contributed by atoms with Crippen LogP contribution in [0.25, 0.3) is 0 Å². The normalized spacial score (nSPS) is 23.6. The van der Waals surface area contributed by atoms with E-state index in [1.54, 1.807) is 0 Å². The second kappa shape index (κ2) is 6.64. The Morgan fingerprint density at radius 1 is 1.30 bits per heavy atom. The van der Waals surface area contributed by atoms with Gasteiger partial charge in [-0.1, -0.05) is 6.92 Å². The van der Waals surface area contributed by atoms with Crippen LogP contribution >= 0.6 is 0 Å². The van der Waals surface area contributed by atoms with Crippen molar-refractivity contribution in [3.63, 3.8) is 0 Å². The molecule has 20 heavy (non-hydrogen) atoms. The van der Waals surface area contributed by atoms with E-state index in [1.807, 2.05) is 0 Å². The molecule has 0 aromatic carbocycles. The van der Waals surface area contributed by atoms with Gasteiger partial charge in [-0.05, 0) is 45.1 Å². The van der Waals surface area contributed by atoms with Gasteiger partial charge in [-0.3, -0.25) is 0 Å². The summed E-state index contributed by atoms with van der Waals surface area (Å²) < 4.78 is 5.43. The predicted molar refractivity (Wildman–Crippen MR) is 78.8 cm³/mol. The molecule has 1 aliphatic heterocycles. The Hall–Kier alpha value is -1.00. The standard InChI is InChI=1S/C16H25N3O/c1-2-8-17-14-4-3-5-15-13(14)11-18-16(19-15)12-6-9-20-10-7-12/h11-12,14,17H,2-10H2,1H3. The lowest BCUT2D eigenvalue weighted by atomic mass is 9.91. The molecular weight excluding hydrogens is 250 g/mol. The van der Waals surface area contributed by atoms with Gasteiger partial charge in [0, 0.05) is 42.6 Å². The summed E-state index contributed by atoms with van der Waals surface area (Å²) in [7, 11) is 0. The van der Waals surface area contributed by atoms with E-state index >= 15 is 0 Å². The summed E-state index contributed by atoms with van der Waals surface area (Å²) in [6, 6.07) is 0.461. The average Bonchev–Trinajstić information content (AvgIpc) is 2.53. The van der Waals surface area contributed by atoms with Gasteiger partial charge < -0.3 is 10.1 Å². The van der Waals surface area contributed by atoms with Crippen LogP contribution in [0, 0.1) is 0 Å². The number of aromatic nitrogens is 2. The van der Waals surface area contributed by atoms with Crippen molar-refractivity contribution in [2.24, 2.45) is 0 Å². The molecule has 1 N–H and O–H groups in total. The minimum absolute atomic E-state index is 0.461. The lowest BCUT2D eigenvalue weighted by Gasteiger charge is -2.27. The molecule has 110 valence electrons. The predicted octanol–water partition coefficient (Wildman–Crippen LogP) is 2.75. The molecule has 1 unspecified atom stereocenters. The molecule has 2 aliphatic rings. The monoisotopic (exact) mass is 275 g/mol. The fourth-order valence-corrected chi connectivity index (χ4v) is 3.25. The van der Waals surface area contributed by atoms with Gasteiger partial charge in [0.2, 0.25) is 0 Å². The zero-order chi connectivity index (χ0) is 13.8. The lowest BCUT2D eigenvalue weighted by Crippen LogP contribution is -2.27. The number of ether oxygens (including phenoxy) is 1. The molecule has 3 rings (SSSR count). The van der Waals surface area contributed by atoms with E-state index in [4.69, 9.17) is 9.72 Å². The summed E-state index contributed by atoms with van der Waals surface area (Å²) in [4.78, 5) is 9.56. The van der Waals surface area contributed by atoms with Crippen molar-refractivity contribution < 1.29 is 4.74 Å². The van der Waals surface area contributed by atoms with E-state index < -0.39 is 0 Å². The van der Waals surface area contributed by atoms with Gasteiger partial charge in [0.1, 0.15) is 5.82 Å². The minimum Gasteiger partial charge on any atom is -0.381 e. The second-order valence-electron chi connectivity index (χ2n) is 5.92. The molecule has 1 atom stereocenters. The Morgan fingerprint density at radius 2 is 2.15 bits per heavy atom. The van der Waals surface area contributed by atoms with Gasteiger partial charge in [-0.25, -0.2) is 9.97 Å². The average molecular weight is 275 g/mol. The number of nitrogens with one attached hydrogen (secondary N) is 1. The zero-order valence-corrected chi connectivity index (χ0v) is 12.4. The highest BCUT2D eigenvalue weighted by molar-refractivity contribution is 5.25. The Balaban J connectivity index is 1.77. The summed E-state index contributed by atoms with van der Waals surface area (Å²) in [6.45, 7) is 4.99. The molecule has 1 aliphatic carbocycles. The van der Waals surface area contributed by atoms with Gasteiger partial charge in [-0.15, -0.1) is 0 Å². The molecule has 2 heterocycles. The lowest BCUT2D eigenvalue weighted by molar-refractivity contribution is 0.0835. The smallest absolute Gasteiger partial charge is 0.131 e. The third-order valence-corrected chi connectivity index (χ3v) is 4.43. The largest absolute Gasteiger partial charge is 0.381 e. The fourth-order valence-electron chi connectivity index (χ4n) is 3.25. The number of hydrogen-bond donors (Lipinski definition) is 1. The highest BCUT2D eigenvalue weighted by atomic mass is 16.5. The topological polar surface area (TPSA) is 47.0 Å². The van der Waals surface area contributed by atoms with Crippen molar-refractivity contribution in [3.05, 3.63) is 23.3 Å². The quantitative estimate of drug-likeness (QED) is 0.918. The summed E-state index contributed by atoms with van der Waals surface area (Å²) in [5, 5.41) is 3.63. The van der Waals surface area contributed by atoms with E-state index in [9.17, 15) is 0 Å². The van der Waals surface area contributed by atoms with Crippen LogP contribution in [0.4, 0.5) is 0 Å². The Bertz CT molecular complexity index is 443. The maximum Gasteiger partial charge on any atom is 0.131 e. The molecule has 0 bridgehead atoms. The first-order valence-electron chi connectivity index (χ1n) is 8.05. The van der Waals surface area contributed by atoms with Crippen molar-refractivity contribution in [3.8, 4) is 0 Å². The van der Waals surface area contributed by atoms with Gasteiger partial charge in [0.05, 0.1) is 0 Å². The molecule has 1 saturated heterocycles.